The summed E-state index contributed by atoms with van der Waals surface area (Å²) >= 11 is 5.86. The van der Waals surface area contributed by atoms with Gasteiger partial charge < -0.3 is 14.3 Å². The smallest absolute Gasteiger partial charge is 0.416 e. The molecule has 0 fully saturated rings. The average Bonchev–Trinajstić information content (AvgIpc) is 2.68. The van der Waals surface area contributed by atoms with Gasteiger partial charge in [-0.1, -0.05) is 16.8 Å². The molecule has 32 heavy (non-hydrogen) atoms. The van der Waals surface area contributed by atoms with Crippen LogP contribution < -0.4 is 4.74 Å². The van der Waals surface area contributed by atoms with E-state index in [0.717, 1.165) is 24.3 Å². The van der Waals surface area contributed by atoms with E-state index in [1.807, 2.05) is 0 Å². The van der Waals surface area contributed by atoms with Gasteiger partial charge >= 0.3 is 12.1 Å². The highest BCUT2D eigenvalue weighted by atomic mass is 35.5. The molecule has 0 bridgehead atoms. The van der Waals surface area contributed by atoms with Crippen molar-refractivity contribution < 1.29 is 37.2 Å². The van der Waals surface area contributed by atoms with Crippen LogP contribution in [0.25, 0.3) is 0 Å². The first-order chi connectivity index (χ1) is 14.9. The second kappa shape index (κ2) is 10.3. The van der Waals surface area contributed by atoms with Crippen LogP contribution in [0.1, 0.15) is 36.7 Å². The second-order valence-corrected chi connectivity index (χ2v) is 7.14. The molecular formula is C20H18ClF3N2O6. The molecule has 12 heteroatoms. The van der Waals surface area contributed by atoms with Crippen molar-refractivity contribution in [1.29, 1.82) is 0 Å². The van der Waals surface area contributed by atoms with Gasteiger partial charge in [-0.05, 0) is 45.0 Å². The number of carbonyl (C=O) groups excluding carboxylic acids is 1. The van der Waals surface area contributed by atoms with Crippen LogP contribution in [-0.4, -0.2) is 29.3 Å². The van der Waals surface area contributed by atoms with E-state index in [9.17, 15) is 28.1 Å². The van der Waals surface area contributed by atoms with E-state index in [0.29, 0.717) is 11.8 Å². The van der Waals surface area contributed by atoms with E-state index in [4.69, 9.17) is 25.9 Å². The van der Waals surface area contributed by atoms with Gasteiger partial charge in [-0.3, -0.25) is 10.1 Å². The molecule has 0 aliphatic carbocycles. The van der Waals surface area contributed by atoms with E-state index in [-0.39, 0.29) is 23.1 Å². The number of nitro benzene ring substituents is 1. The Labute approximate surface area is 185 Å². The highest BCUT2D eigenvalue weighted by Gasteiger charge is 2.31. The highest BCUT2D eigenvalue weighted by Crippen LogP contribution is 2.37. The Morgan fingerprint density at radius 2 is 1.91 bits per heavy atom. The fraction of sp³-hybridized carbons (Fsp3) is 0.300. The minimum atomic E-state index is -4.59. The van der Waals surface area contributed by atoms with Crippen molar-refractivity contribution in [2.24, 2.45) is 5.16 Å². The number of rotatable bonds is 8. The Kier molecular flexibility index (Phi) is 8.03. The summed E-state index contributed by atoms with van der Waals surface area (Å²) in [6.07, 6.45) is -5.37. The van der Waals surface area contributed by atoms with Gasteiger partial charge in [0.25, 0.3) is 5.69 Å². The number of oxime groups is 1. The van der Waals surface area contributed by atoms with Crippen LogP contribution in [0.15, 0.2) is 41.6 Å². The molecule has 0 heterocycles. The molecule has 0 aliphatic rings. The van der Waals surface area contributed by atoms with Crippen LogP contribution in [0.4, 0.5) is 18.9 Å². The zero-order chi connectivity index (χ0) is 24.1. The fourth-order valence-electron chi connectivity index (χ4n) is 2.34. The number of carbonyl (C=O) groups is 1. The third kappa shape index (κ3) is 6.84. The molecule has 2 aromatic rings. The van der Waals surface area contributed by atoms with Crippen LogP contribution in [0, 0.1) is 10.1 Å². The maximum absolute atomic E-state index is 12.8. The number of halogens is 4. The predicted molar refractivity (Wildman–Crippen MR) is 109 cm³/mol. The first kappa shape index (κ1) is 24.9. The van der Waals surface area contributed by atoms with Crippen molar-refractivity contribution >= 4 is 29.0 Å². The predicted octanol–water partition coefficient (Wildman–Crippen LogP) is 6.02. The van der Waals surface area contributed by atoms with Crippen molar-refractivity contribution in [1.82, 2.24) is 0 Å². The van der Waals surface area contributed by atoms with Gasteiger partial charge in [0, 0.05) is 12.1 Å². The molecule has 2 aromatic carbocycles. The Balaban J connectivity index is 2.25. The molecule has 8 nitrogen and oxygen atoms in total. The lowest BCUT2D eigenvalue weighted by Gasteiger charge is -2.14. The first-order valence-electron chi connectivity index (χ1n) is 9.05. The summed E-state index contributed by atoms with van der Waals surface area (Å²) in [5, 5.41) is 14.7. The van der Waals surface area contributed by atoms with Gasteiger partial charge in [0.05, 0.1) is 21.2 Å². The first-order valence-corrected chi connectivity index (χ1v) is 9.43. The van der Waals surface area contributed by atoms with Gasteiger partial charge in [0.2, 0.25) is 0 Å². The zero-order valence-electron chi connectivity index (χ0n) is 17.1. The second-order valence-electron chi connectivity index (χ2n) is 6.73. The number of ether oxygens (including phenoxy) is 2. The summed E-state index contributed by atoms with van der Waals surface area (Å²) in [7, 11) is 0. The number of hydrogen-bond donors (Lipinski definition) is 0. The van der Waals surface area contributed by atoms with E-state index < -0.39 is 40.0 Å². The molecule has 1 unspecified atom stereocenters. The average molecular weight is 475 g/mol. The minimum absolute atomic E-state index is 0.0701. The highest BCUT2D eigenvalue weighted by molar-refractivity contribution is 6.32. The van der Waals surface area contributed by atoms with Gasteiger partial charge in [-0.15, -0.1) is 0 Å². The van der Waals surface area contributed by atoms with E-state index >= 15 is 0 Å². The minimum Gasteiger partial charge on any atom is -0.456 e. The molecule has 172 valence electrons. The molecule has 1 atom stereocenters. The summed E-state index contributed by atoms with van der Waals surface area (Å²) in [6.45, 7) is 4.83. The Hall–Kier alpha value is -3.34. The lowest BCUT2D eigenvalue weighted by atomic mass is 10.1. The van der Waals surface area contributed by atoms with Crippen LogP contribution in [0.3, 0.4) is 0 Å². The summed E-state index contributed by atoms with van der Waals surface area (Å²) in [5.41, 5.74) is -1.29. The summed E-state index contributed by atoms with van der Waals surface area (Å²) in [4.78, 5) is 28.0. The summed E-state index contributed by atoms with van der Waals surface area (Å²) in [6, 6.07) is 5.67. The molecule has 2 rings (SSSR count). The number of esters is 1. The third-order valence-corrected chi connectivity index (χ3v) is 4.03. The normalized spacial score (nSPS) is 12.0. The lowest BCUT2D eigenvalue weighted by Crippen LogP contribution is -2.20. The zero-order valence-corrected chi connectivity index (χ0v) is 17.9. The molecule has 0 spiro atoms. The molecule has 0 radical (unpaired) electrons. The van der Waals surface area contributed by atoms with Crippen molar-refractivity contribution in [2.75, 3.05) is 6.61 Å². The van der Waals surface area contributed by atoms with Gasteiger partial charge in [-0.2, -0.15) is 13.2 Å². The number of benzene rings is 2. The molecule has 0 N–H and O–H groups in total. The molecule has 0 saturated carbocycles. The van der Waals surface area contributed by atoms with Gasteiger partial charge in [0.15, 0.2) is 6.61 Å². The topological polar surface area (TPSA) is 100 Å². The third-order valence-electron chi connectivity index (χ3n) is 3.74. The van der Waals surface area contributed by atoms with Crippen LogP contribution in [0.2, 0.25) is 5.02 Å². The van der Waals surface area contributed by atoms with E-state index in [2.05, 4.69) is 5.16 Å². The van der Waals surface area contributed by atoms with Crippen molar-refractivity contribution in [3.05, 3.63) is 62.7 Å². The Morgan fingerprint density at radius 1 is 1.22 bits per heavy atom. The van der Waals surface area contributed by atoms with E-state index in [1.54, 1.807) is 13.8 Å². The van der Waals surface area contributed by atoms with Crippen molar-refractivity contribution in [2.45, 2.75) is 33.1 Å². The Morgan fingerprint density at radius 3 is 2.47 bits per heavy atom. The Bertz CT molecular complexity index is 1040. The fourth-order valence-corrected chi connectivity index (χ4v) is 2.56. The number of nitrogens with zero attached hydrogens (tertiary/aromatic N) is 2. The molecule has 0 amide bonds. The van der Waals surface area contributed by atoms with Crippen LogP contribution >= 0.6 is 11.6 Å². The van der Waals surface area contributed by atoms with Crippen molar-refractivity contribution in [3.63, 3.8) is 0 Å². The van der Waals surface area contributed by atoms with Gasteiger partial charge in [0.1, 0.15) is 23.2 Å². The molecular weight excluding hydrogens is 457 g/mol. The molecule has 0 aliphatic heterocycles. The SMILES string of the molecule is CC(C)=NOCC(C)OC(=O)c1cc(Oc2ccc(C(F)(F)F)cc2Cl)ccc1[N+](=O)[O-]. The molecule has 0 aromatic heterocycles. The quantitative estimate of drug-likeness (QED) is 0.201. The standard InChI is InChI=1S/C20H18ClF3N2O6/c1-11(2)25-30-10-12(3)31-19(27)15-9-14(5-6-17(15)26(28)29)32-18-7-4-13(8-16(18)21)20(22,23)24/h4-9,12H,10H2,1-3H3. The van der Waals surface area contributed by atoms with Crippen LogP contribution in [0.5, 0.6) is 11.5 Å². The monoisotopic (exact) mass is 474 g/mol. The number of hydrogen-bond acceptors (Lipinski definition) is 7. The van der Waals surface area contributed by atoms with E-state index in [1.165, 1.54) is 13.0 Å². The molecule has 0 saturated heterocycles. The van der Waals surface area contributed by atoms with Crippen LogP contribution in [-0.2, 0) is 15.8 Å². The van der Waals surface area contributed by atoms with Gasteiger partial charge in [-0.25, -0.2) is 4.79 Å². The summed E-state index contributed by atoms with van der Waals surface area (Å²) in [5.74, 6) is -1.23. The number of nitro groups is 1. The number of alkyl halides is 3. The maximum Gasteiger partial charge on any atom is 0.416 e. The maximum atomic E-state index is 12.8. The largest absolute Gasteiger partial charge is 0.456 e. The van der Waals surface area contributed by atoms with Crippen molar-refractivity contribution in [3.8, 4) is 11.5 Å². The lowest BCUT2D eigenvalue weighted by molar-refractivity contribution is -0.385. The summed E-state index contributed by atoms with van der Waals surface area (Å²) < 4.78 is 48.9.